The fourth-order valence-electron chi connectivity index (χ4n) is 3.38. The van der Waals surface area contributed by atoms with Crippen LogP contribution in [0.4, 0.5) is 5.69 Å². The predicted octanol–water partition coefficient (Wildman–Crippen LogP) is 1.94. The third kappa shape index (κ3) is 3.11. The minimum atomic E-state index is -3.52. The third-order valence-corrected chi connectivity index (χ3v) is 6.87. The minimum Gasteiger partial charge on any atom is -0.399 e. The molecule has 2 unspecified atom stereocenters. The van der Waals surface area contributed by atoms with Crippen molar-refractivity contribution in [1.29, 1.82) is 0 Å². The summed E-state index contributed by atoms with van der Waals surface area (Å²) in [7, 11) is -3.52. The zero-order valence-corrected chi connectivity index (χ0v) is 14.2. The minimum absolute atomic E-state index is 0.0137. The number of fused-ring (bicyclic) bond motifs is 1. The molecule has 116 valence electrons. The molecule has 2 aliphatic rings. The van der Waals surface area contributed by atoms with E-state index in [1.807, 2.05) is 0 Å². The van der Waals surface area contributed by atoms with Crippen molar-refractivity contribution >= 4 is 31.6 Å². The molecule has 3 N–H and O–H groups in total. The average molecular weight is 374 g/mol. The Morgan fingerprint density at radius 2 is 2.05 bits per heavy atom. The predicted molar refractivity (Wildman–Crippen MR) is 86.5 cm³/mol. The Morgan fingerprint density at radius 1 is 1.24 bits per heavy atom. The van der Waals surface area contributed by atoms with E-state index in [9.17, 15) is 8.42 Å². The van der Waals surface area contributed by atoms with Crippen LogP contribution in [0.2, 0.25) is 0 Å². The van der Waals surface area contributed by atoms with Crippen LogP contribution < -0.4 is 10.5 Å². The van der Waals surface area contributed by atoms with Crippen molar-refractivity contribution in [1.82, 2.24) is 9.62 Å². The van der Waals surface area contributed by atoms with Gasteiger partial charge in [-0.05, 0) is 59.9 Å². The molecular formula is C14H20BrN3O2S. The van der Waals surface area contributed by atoms with E-state index in [-0.39, 0.29) is 10.9 Å². The van der Waals surface area contributed by atoms with Crippen LogP contribution in [0, 0.1) is 0 Å². The summed E-state index contributed by atoms with van der Waals surface area (Å²) in [6.07, 6.45) is 4.37. The van der Waals surface area contributed by atoms with E-state index >= 15 is 0 Å². The standard InChI is InChI=1S/C14H20BrN3O2S/c15-11-9-10(16)4-5-14(11)21(19,20)17-12-6-8-18-7-2-1-3-13(12)18/h4-5,9,12-13,17H,1-3,6-8,16H2. The Kier molecular flexibility index (Phi) is 4.27. The fraction of sp³-hybridized carbons (Fsp3) is 0.571. The number of halogens is 1. The first-order valence-electron chi connectivity index (χ1n) is 7.29. The van der Waals surface area contributed by atoms with Gasteiger partial charge in [0.2, 0.25) is 10.0 Å². The molecule has 2 heterocycles. The van der Waals surface area contributed by atoms with Crippen LogP contribution in [-0.2, 0) is 10.0 Å². The highest BCUT2D eigenvalue weighted by molar-refractivity contribution is 9.10. The van der Waals surface area contributed by atoms with Gasteiger partial charge in [-0.1, -0.05) is 6.42 Å². The normalized spacial score (nSPS) is 26.7. The number of rotatable bonds is 3. The largest absolute Gasteiger partial charge is 0.399 e. The molecule has 0 radical (unpaired) electrons. The number of sulfonamides is 1. The first-order chi connectivity index (χ1) is 9.97. The fourth-order valence-corrected chi connectivity index (χ4v) is 5.78. The molecule has 0 saturated carbocycles. The van der Waals surface area contributed by atoms with Crippen molar-refractivity contribution < 1.29 is 8.42 Å². The molecule has 2 saturated heterocycles. The second-order valence-corrected chi connectivity index (χ2v) is 8.34. The van der Waals surface area contributed by atoms with Crippen molar-refractivity contribution in [2.75, 3.05) is 18.8 Å². The smallest absolute Gasteiger partial charge is 0.241 e. The highest BCUT2D eigenvalue weighted by atomic mass is 79.9. The number of anilines is 1. The number of hydrogen-bond acceptors (Lipinski definition) is 4. The summed E-state index contributed by atoms with van der Waals surface area (Å²) < 4.78 is 28.6. The maximum absolute atomic E-state index is 12.6. The van der Waals surface area contributed by atoms with Gasteiger partial charge in [-0.15, -0.1) is 0 Å². The molecule has 3 rings (SSSR count). The average Bonchev–Trinajstić information content (AvgIpc) is 2.81. The highest BCUT2D eigenvalue weighted by Crippen LogP contribution is 2.30. The zero-order valence-electron chi connectivity index (χ0n) is 11.8. The lowest BCUT2D eigenvalue weighted by Gasteiger charge is -2.32. The van der Waals surface area contributed by atoms with E-state index in [4.69, 9.17) is 5.73 Å². The van der Waals surface area contributed by atoms with E-state index in [1.54, 1.807) is 18.2 Å². The van der Waals surface area contributed by atoms with Gasteiger partial charge in [0.25, 0.3) is 0 Å². The summed E-state index contributed by atoms with van der Waals surface area (Å²) >= 11 is 3.29. The van der Waals surface area contributed by atoms with Gasteiger partial charge in [-0.2, -0.15) is 0 Å². The van der Waals surface area contributed by atoms with Gasteiger partial charge in [0.15, 0.2) is 0 Å². The molecule has 0 aromatic heterocycles. The first-order valence-corrected chi connectivity index (χ1v) is 9.56. The maximum Gasteiger partial charge on any atom is 0.241 e. The molecule has 0 aliphatic carbocycles. The van der Waals surface area contributed by atoms with Crippen molar-refractivity contribution in [3.63, 3.8) is 0 Å². The molecular weight excluding hydrogens is 354 g/mol. The number of nitrogens with one attached hydrogen (secondary N) is 1. The Bertz CT molecular complexity index is 635. The molecule has 21 heavy (non-hydrogen) atoms. The van der Waals surface area contributed by atoms with Crippen molar-refractivity contribution in [3.8, 4) is 0 Å². The molecule has 7 heteroatoms. The second-order valence-electron chi connectivity index (χ2n) is 5.81. The van der Waals surface area contributed by atoms with Crippen LogP contribution in [0.3, 0.4) is 0 Å². The molecule has 0 amide bonds. The van der Waals surface area contributed by atoms with E-state index in [2.05, 4.69) is 25.6 Å². The molecule has 0 bridgehead atoms. The van der Waals surface area contributed by atoms with Crippen LogP contribution >= 0.6 is 15.9 Å². The van der Waals surface area contributed by atoms with Gasteiger partial charge in [0, 0.05) is 28.8 Å². The Hall–Kier alpha value is -0.630. The van der Waals surface area contributed by atoms with Gasteiger partial charge in [0.05, 0.1) is 4.90 Å². The first kappa shape index (κ1) is 15.3. The van der Waals surface area contributed by atoms with E-state index in [0.29, 0.717) is 16.2 Å². The molecule has 2 aliphatic heterocycles. The monoisotopic (exact) mass is 373 g/mol. The van der Waals surface area contributed by atoms with Crippen LogP contribution in [-0.4, -0.2) is 38.5 Å². The van der Waals surface area contributed by atoms with Crippen LogP contribution in [0.5, 0.6) is 0 Å². The summed E-state index contributed by atoms with van der Waals surface area (Å²) in [6, 6.07) is 5.15. The van der Waals surface area contributed by atoms with Crippen molar-refractivity contribution in [2.45, 2.75) is 42.7 Å². The van der Waals surface area contributed by atoms with Gasteiger partial charge in [-0.3, -0.25) is 4.90 Å². The number of nitrogen functional groups attached to an aromatic ring is 1. The number of hydrogen-bond donors (Lipinski definition) is 2. The quantitative estimate of drug-likeness (QED) is 0.793. The molecule has 0 spiro atoms. The van der Waals surface area contributed by atoms with Gasteiger partial charge < -0.3 is 5.73 Å². The summed E-state index contributed by atoms with van der Waals surface area (Å²) in [5, 5.41) is 0. The molecule has 1 aromatic rings. The van der Waals surface area contributed by atoms with Gasteiger partial charge >= 0.3 is 0 Å². The number of nitrogens with zero attached hydrogens (tertiary/aromatic N) is 1. The lowest BCUT2D eigenvalue weighted by Crippen LogP contribution is -2.46. The van der Waals surface area contributed by atoms with Crippen LogP contribution in [0.25, 0.3) is 0 Å². The summed E-state index contributed by atoms with van der Waals surface area (Å²) in [5.41, 5.74) is 6.21. The zero-order chi connectivity index (χ0) is 15.0. The van der Waals surface area contributed by atoms with Crippen LogP contribution in [0.1, 0.15) is 25.7 Å². The van der Waals surface area contributed by atoms with E-state index in [1.165, 1.54) is 12.8 Å². The summed E-state index contributed by atoms with van der Waals surface area (Å²) in [6.45, 7) is 2.08. The third-order valence-electron chi connectivity index (χ3n) is 4.41. The lowest BCUT2D eigenvalue weighted by molar-refractivity contribution is 0.186. The number of benzene rings is 1. The Balaban J connectivity index is 1.80. The van der Waals surface area contributed by atoms with Gasteiger partial charge in [0.1, 0.15) is 0 Å². The SMILES string of the molecule is Nc1ccc(S(=O)(=O)NC2CCN3CCCCC23)c(Br)c1. The van der Waals surface area contributed by atoms with Crippen LogP contribution in [0.15, 0.2) is 27.6 Å². The highest BCUT2D eigenvalue weighted by Gasteiger charge is 2.38. The van der Waals surface area contributed by atoms with E-state index in [0.717, 1.165) is 25.9 Å². The molecule has 1 aromatic carbocycles. The maximum atomic E-state index is 12.6. The molecule has 5 nitrogen and oxygen atoms in total. The van der Waals surface area contributed by atoms with Crippen molar-refractivity contribution in [3.05, 3.63) is 22.7 Å². The number of nitrogens with two attached hydrogens (primary N) is 1. The van der Waals surface area contributed by atoms with Gasteiger partial charge in [-0.25, -0.2) is 13.1 Å². The second kappa shape index (κ2) is 5.87. The summed E-state index contributed by atoms with van der Waals surface area (Å²) in [4.78, 5) is 2.67. The number of piperidine rings is 1. The topological polar surface area (TPSA) is 75.4 Å². The lowest BCUT2D eigenvalue weighted by atomic mass is 10.00. The van der Waals surface area contributed by atoms with Crippen molar-refractivity contribution in [2.24, 2.45) is 0 Å². The summed E-state index contributed by atoms with van der Waals surface area (Å²) in [5.74, 6) is 0. The Morgan fingerprint density at radius 3 is 2.81 bits per heavy atom. The molecule has 2 fully saturated rings. The molecule has 2 atom stereocenters. The Labute approximate surface area is 134 Å². The van der Waals surface area contributed by atoms with E-state index < -0.39 is 10.0 Å².